The highest BCUT2D eigenvalue weighted by Crippen LogP contribution is 2.16. The summed E-state index contributed by atoms with van der Waals surface area (Å²) < 4.78 is 19.3. The molecule has 0 saturated carbocycles. The third kappa shape index (κ3) is 4.89. The van der Waals surface area contributed by atoms with Crippen LogP contribution in [0.25, 0.3) is 0 Å². The van der Waals surface area contributed by atoms with Crippen LogP contribution in [0.4, 0.5) is 4.39 Å². The fourth-order valence-corrected chi connectivity index (χ4v) is 2.37. The lowest BCUT2D eigenvalue weighted by Crippen LogP contribution is -2.39. The van der Waals surface area contributed by atoms with Crippen LogP contribution >= 0.6 is 15.9 Å². The van der Waals surface area contributed by atoms with Crippen LogP contribution in [0.5, 0.6) is 0 Å². The van der Waals surface area contributed by atoms with Crippen molar-refractivity contribution in [3.05, 3.63) is 69.4 Å². The number of carbonyl (C=O) groups is 2. The quantitative estimate of drug-likeness (QED) is 0.786. The zero-order chi connectivity index (χ0) is 17.7. The van der Waals surface area contributed by atoms with E-state index in [0.717, 1.165) is 5.56 Å². The van der Waals surface area contributed by atoms with Gasteiger partial charge >= 0.3 is 5.97 Å². The molecular weight excluding hydrogens is 377 g/mol. The lowest BCUT2D eigenvalue weighted by molar-refractivity contribution is -0.146. The fourth-order valence-electron chi connectivity index (χ4n) is 2.04. The van der Waals surface area contributed by atoms with Crippen LogP contribution < -0.4 is 5.32 Å². The fraction of sp³-hybridized carbons (Fsp3) is 0.222. The number of rotatable bonds is 5. The predicted molar refractivity (Wildman–Crippen MR) is 92.0 cm³/mol. The number of nitrogens with one attached hydrogen (secondary N) is 1. The molecule has 0 aromatic heterocycles. The van der Waals surface area contributed by atoms with Crippen LogP contribution in [0, 0.1) is 12.7 Å². The van der Waals surface area contributed by atoms with Gasteiger partial charge in [0.25, 0.3) is 5.91 Å². The molecular formula is C18H17BrFNO3. The molecule has 2 aromatic rings. The van der Waals surface area contributed by atoms with Crippen molar-refractivity contribution in [2.45, 2.75) is 26.5 Å². The smallest absolute Gasteiger partial charge is 0.328 e. The van der Waals surface area contributed by atoms with Crippen LogP contribution in [0.1, 0.15) is 28.4 Å². The Bertz CT molecular complexity index is 764. The summed E-state index contributed by atoms with van der Waals surface area (Å²) in [5.74, 6) is -1.45. The van der Waals surface area contributed by atoms with E-state index in [-0.39, 0.29) is 18.1 Å². The molecule has 0 aliphatic carbocycles. The van der Waals surface area contributed by atoms with Crippen molar-refractivity contribution in [2.24, 2.45) is 0 Å². The summed E-state index contributed by atoms with van der Waals surface area (Å²) in [5.41, 5.74) is 1.68. The van der Waals surface area contributed by atoms with E-state index in [1.54, 1.807) is 24.3 Å². The van der Waals surface area contributed by atoms with Crippen LogP contribution in [0.15, 0.2) is 46.9 Å². The van der Waals surface area contributed by atoms with E-state index < -0.39 is 17.8 Å². The summed E-state index contributed by atoms with van der Waals surface area (Å²) in [6.07, 6.45) is 0. The van der Waals surface area contributed by atoms with Crippen LogP contribution in [-0.2, 0) is 16.1 Å². The Morgan fingerprint density at radius 2 is 2.00 bits per heavy atom. The predicted octanol–water partition coefficient (Wildman–Crippen LogP) is 3.76. The van der Waals surface area contributed by atoms with Gasteiger partial charge in [0.15, 0.2) is 0 Å². The second-order valence-corrected chi connectivity index (χ2v) is 6.32. The molecule has 0 bridgehead atoms. The van der Waals surface area contributed by atoms with Crippen molar-refractivity contribution >= 4 is 27.8 Å². The van der Waals surface area contributed by atoms with Crippen molar-refractivity contribution in [1.82, 2.24) is 5.32 Å². The molecule has 4 nitrogen and oxygen atoms in total. The molecule has 0 aliphatic heterocycles. The first-order valence-corrected chi connectivity index (χ1v) is 8.14. The second-order valence-electron chi connectivity index (χ2n) is 5.41. The van der Waals surface area contributed by atoms with Gasteiger partial charge in [0.05, 0.1) is 0 Å². The Kier molecular flexibility index (Phi) is 6.09. The minimum atomic E-state index is -0.837. The molecule has 0 aliphatic rings. The summed E-state index contributed by atoms with van der Waals surface area (Å²) in [6.45, 7) is 3.21. The van der Waals surface area contributed by atoms with Gasteiger partial charge in [0.1, 0.15) is 18.5 Å². The van der Waals surface area contributed by atoms with Crippen molar-refractivity contribution in [1.29, 1.82) is 0 Å². The molecule has 0 fully saturated rings. The van der Waals surface area contributed by atoms with Gasteiger partial charge < -0.3 is 10.1 Å². The molecule has 1 amide bonds. The highest BCUT2D eigenvalue weighted by Gasteiger charge is 2.18. The van der Waals surface area contributed by atoms with E-state index in [1.165, 1.54) is 19.1 Å². The second kappa shape index (κ2) is 8.06. The minimum absolute atomic E-state index is 0.192. The van der Waals surface area contributed by atoms with E-state index in [4.69, 9.17) is 4.74 Å². The average Bonchev–Trinajstić information content (AvgIpc) is 2.53. The monoisotopic (exact) mass is 393 g/mol. The van der Waals surface area contributed by atoms with Crippen molar-refractivity contribution < 1.29 is 18.7 Å². The summed E-state index contributed by atoms with van der Waals surface area (Å²) in [6, 6.07) is 10.7. The molecule has 2 rings (SSSR count). The van der Waals surface area contributed by atoms with Gasteiger partial charge in [0, 0.05) is 15.6 Å². The number of hydrogen-bond acceptors (Lipinski definition) is 3. The highest BCUT2D eigenvalue weighted by atomic mass is 79.9. The lowest BCUT2D eigenvalue weighted by Gasteiger charge is -2.14. The van der Waals surface area contributed by atoms with Crippen LogP contribution in [0.2, 0.25) is 0 Å². The molecule has 2 aromatic carbocycles. The Labute approximate surface area is 148 Å². The summed E-state index contributed by atoms with van der Waals surface area (Å²) in [5, 5.41) is 2.57. The molecule has 1 N–H and O–H groups in total. The molecule has 0 saturated heterocycles. The molecule has 0 spiro atoms. The topological polar surface area (TPSA) is 55.4 Å². The number of esters is 1. The Morgan fingerprint density at radius 1 is 1.25 bits per heavy atom. The van der Waals surface area contributed by atoms with E-state index in [9.17, 15) is 14.0 Å². The third-order valence-corrected chi connectivity index (χ3v) is 3.86. The standard InChI is InChI=1S/C18H17BrFNO3/c1-11-4-3-5-13(8-11)17(22)21-12(2)18(23)24-10-14-6-7-15(19)9-16(14)20/h3-9,12H,10H2,1-2H3,(H,21,22)/t12-/m0/s1. The Balaban J connectivity index is 1.91. The van der Waals surface area contributed by atoms with Gasteiger partial charge in [-0.25, -0.2) is 9.18 Å². The average molecular weight is 394 g/mol. The SMILES string of the molecule is Cc1cccc(C(=O)N[C@@H](C)C(=O)OCc2ccc(Br)cc2F)c1. The Hall–Kier alpha value is -2.21. The zero-order valence-electron chi connectivity index (χ0n) is 13.3. The van der Waals surface area contributed by atoms with Gasteiger partial charge in [-0.05, 0) is 38.1 Å². The summed E-state index contributed by atoms with van der Waals surface area (Å²) in [4.78, 5) is 24.1. The maximum atomic E-state index is 13.7. The molecule has 24 heavy (non-hydrogen) atoms. The van der Waals surface area contributed by atoms with Crippen molar-refractivity contribution in [3.8, 4) is 0 Å². The largest absolute Gasteiger partial charge is 0.459 e. The van der Waals surface area contributed by atoms with Gasteiger partial charge in [-0.2, -0.15) is 0 Å². The number of amides is 1. The number of aryl methyl sites for hydroxylation is 1. The molecule has 1 atom stereocenters. The molecule has 126 valence electrons. The normalized spacial score (nSPS) is 11.7. The highest BCUT2D eigenvalue weighted by molar-refractivity contribution is 9.10. The van der Waals surface area contributed by atoms with E-state index in [1.807, 2.05) is 13.0 Å². The van der Waals surface area contributed by atoms with Crippen molar-refractivity contribution in [2.75, 3.05) is 0 Å². The maximum absolute atomic E-state index is 13.7. The molecule has 6 heteroatoms. The van der Waals surface area contributed by atoms with Gasteiger partial charge in [0.2, 0.25) is 0 Å². The number of hydrogen-bond donors (Lipinski definition) is 1. The van der Waals surface area contributed by atoms with Gasteiger partial charge in [-0.15, -0.1) is 0 Å². The molecule has 0 unspecified atom stereocenters. The third-order valence-electron chi connectivity index (χ3n) is 3.37. The molecule has 0 heterocycles. The number of halogens is 2. The zero-order valence-corrected chi connectivity index (χ0v) is 14.9. The first-order chi connectivity index (χ1) is 11.4. The van der Waals surface area contributed by atoms with Gasteiger partial charge in [-0.3, -0.25) is 4.79 Å². The lowest BCUT2D eigenvalue weighted by atomic mass is 10.1. The van der Waals surface area contributed by atoms with E-state index >= 15 is 0 Å². The number of benzene rings is 2. The summed E-state index contributed by atoms with van der Waals surface area (Å²) in [7, 11) is 0. The maximum Gasteiger partial charge on any atom is 0.328 e. The number of ether oxygens (including phenoxy) is 1. The number of carbonyl (C=O) groups excluding carboxylic acids is 2. The van der Waals surface area contributed by atoms with Crippen LogP contribution in [0.3, 0.4) is 0 Å². The summed E-state index contributed by atoms with van der Waals surface area (Å²) >= 11 is 3.16. The first kappa shape index (κ1) is 18.1. The van der Waals surface area contributed by atoms with Crippen molar-refractivity contribution in [3.63, 3.8) is 0 Å². The van der Waals surface area contributed by atoms with Gasteiger partial charge in [-0.1, -0.05) is 39.7 Å². The minimum Gasteiger partial charge on any atom is -0.459 e. The van der Waals surface area contributed by atoms with E-state index in [0.29, 0.717) is 10.0 Å². The Morgan fingerprint density at radius 3 is 2.67 bits per heavy atom. The van der Waals surface area contributed by atoms with Crippen LogP contribution in [-0.4, -0.2) is 17.9 Å². The molecule has 0 radical (unpaired) electrons. The first-order valence-electron chi connectivity index (χ1n) is 7.35. The van der Waals surface area contributed by atoms with E-state index in [2.05, 4.69) is 21.2 Å².